The second kappa shape index (κ2) is 6.72. The lowest BCUT2D eigenvalue weighted by Gasteiger charge is -1.99. The highest BCUT2D eigenvalue weighted by molar-refractivity contribution is 7.17. The Bertz CT molecular complexity index is 977. The van der Waals surface area contributed by atoms with Gasteiger partial charge in [-0.15, -0.1) is 0 Å². The molecular formula is C18H15FN4O2S. The van der Waals surface area contributed by atoms with Gasteiger partial charge in [0, 0.05) is 12.7 Å². The largest absolute Gasteiger partial charge is 0.357 e. The molecule has 8 heteroatoms. The number of aryl methyl sites for hydroxylation is 1. The van der Waals surface area contributed by atoms with Crippen molar-refractivity contribution >= 4 is 28.3 Å². The zero-order chi connectivity index (χ0) is 18.1. The van der Waals surface area contributed by atoms with Gasteiger partial charge in [0.05, 0.1) is 5.69 Å². The van der Waals surface area contributed by atoms with Crippen LogP contribution in [0.5, 0.6) is 0 Å². The third-order valence-corrected chi connectivity index (χ3v) is 5.12. The van der Waals surface area contributed by atoms with Crippen LogP contribution in [-0.4, -0.2) is 28.3 Å². The number of anilines is 1. The van der Waals surface area contributed by atoms with Crippen LogP contribution in [-0.2, 0) is 6.42 Å². The van der Waals surface area contributed by atoms with Crippen LogP contribution >= 0.6 is 11.3 Å². The van der Waals surface area contributed by atoms with Crippen molar-refractivity contribution in [3.05, 3.63) is 58.6 Å². The average Bonchev–Trinajstić information content (AvgIpc) is 3.23. The monoisotopic (exact) mass is 370 g/mol. The molecule has 0 bridgehead atoms. The molecule has 2 aromatic heterocycles. The van der Waals surface area contributed by atoms with Gasteiger partial charge in [0.2, 0.25) is 0 Å². The number of benzene rings is 1. The van der Waals surface area contributed by atoms with Gasteiger partial charge in [-0.1, -0.05) is 23.5 Å². The maximum atomic E-state index is 13.0. The highest BCUT2D eigenvalue weighted by Gasteiger charge is 2.21. The quantitative estimate of drug-likeness (QED) is 0.662. The van der Waals surface area contributed by atoms with Gasteiger partial charge in [0.25, 0.3) is 11.8 Å². The number of rotatable bonds is 3. The van der Waals surface area contributed by atoms with E-state index in [-0.39, 0.29) is 17.6 Å². The van der Waals surface area contributed by atoms with Crippen molar-refractivity contribution in [3.63, 3.8) is 0 Å². The molecule has 0 radical (unpaired) electrons. The van der Waals surface area contributed by atoms with Crippen molar-refractivity contribution in [3.8, 4) is 11.1 Å². The molecule has 3 aromatic rings. The number of nitrogens with zero attached hydrogens (tertiary/aromatic N) is 1. The van der Waals surface area contributed by atoms with Crippen LogP contribution < -0.4 is 10.6 Å². The van der Waals surface area contributed by atoms with E-state index in [4.69, 9.17) is 0 Å². The van der Waals surface area contributed by atoms with Crippen molar-refractivity contribution in [2.45, 2.75) is 12.8 Å². The van der Waals surface area contributed by atoms with Crippen LogP contribution in [0, 0.1) is 5.82 Å². The fourth-order valence-corrected chi connectivity index (χ4v) is 3.71. The summed E-state index contributed by atoms with van der Waals surface area (Å²) in [6, 6.07) is 7.73. The van der Waals surface area contributed by atoms with E-state index < -0.39 is 0 Å². The summed E-state index contributed by atoms with van der Waals surface area (Å²) in [6.07, 6.45) is 3.22. The van der Waals surface area contributed by atoms with Crippen molar-refractivity contribution in [2.24, 2.45) is 0 Å². The summed E-state index contributed by atoms with van der Waals surface area (Å²) in [5.74, 6) is -0.800. The highest BCUT2D eigenvalue weighted by atomic mass is 32.1. The molecule has 0 spiro atoms. The highest BCUT2D eigenvalue weighted by Crippen LogP contribution is 2.26. The number of hydrogen-bond acceptors (Lipinski definition) is 4. The lowest BCUT2D eigenvalue weighted by Crippen LogP contribution is -2.21. The number of halogens is 1. The van der Waals surface area contributed by atoms with E-state index in [1.165, 1.54) is 23.5 Å². The van der Waals surface area contributed by atoms with Gasteiger partial charge in [-0.3, -0.25) is 14.9 Å². The summed E-state index contributed by atoms with van der Waals surface area (Å²) in [5, 5.41) is 5.94. The zero-order valence-electron chi connectivity index (χ0n) is 13.6. The van der Waals surface area contributed by atoms with Crippen LogP contribution in [0.15, 0.2) is 36.5 Å². The maximum absolute atomic E-state index is 13.0. The average molecular weight is 370 g/mol. The standard InChI is InChI=1S/C18H15FN4O2S/c19-12-5-3-10(4-6-12)11-8-14(21-9-11)16(24)23-18-22-13-2-1-7-20-17(25)15(13)26-18/h3-6,8-9,21H,1-2,7H2,(H,20,25)(H,22,23,24). The van der Waals surface area contributed by atoms with Gasteiger partial charge >= 0.3 is 0 Å². The maximum Gasteiger partial charge on any atom is 0.273 e. The van der Waals surface area contributed by atoms with Gasteiger partial charge in [-0.05, 0) is 42.2 Å². The Labute approximate surface area is 152 Å². The fraction of sp³-hybridized carbons (Fsp3) is 0.167. The van der Waals surface area contributed by atoms with Gasteiger partial charge in [-0.2, -0.15) is 0 Å². The van der Waals surface area contributed by atoms with E-state index in [9.17, 15) is 14.0 Å². The summed E-state index contributed by atoms with van der Waals surface area (Å²) in [6.45, 7) is 0.637. The molecule has 4 rings (SSSR count). The van der Waals surface area contributed by atoms with Crippen LogP contribution in [0.1, 0.15) is 32.3 Å². The first kappa shape index (κ1) is 16.5. The molecule has 0 aliphatic carbocycles. The Morgan fingerprint density at radius 2 is 2.04 bits per heavy atom. The number of nitrogens with one attached hydrogen (secondary N) is 3. The molecule has 132 valence electrons. The second-order valence-corrected chi connectivity index (χ2v) is 6.92. The second-order valence-electron chi connectivity index (χ2n) is 5.92. The Kier molecular flexibility index (Phi) is 4.26. The molecule has 0 saturated heterocycles. The third kappa shape index (κ3) is 3.23. The molecule has 1 aliphatic rings. The first-order valence-corrected chi connectivity index (χ1v) is 8.95. The zero-order valence-corrected chi connectivity index (χ0v) is 14.5. The summed E-state index contributed by atoms with van der Waals surface area (Å²) < 4.78 is 13.0. The number of carbonyl (C=O) groups excluding carboxylic acids is 2. The Balaban J connectivity index is 1.51. The molecule has 0 saturated carbocycles. The fourth-order valence-electron chi connectivity index (χ4n) is 2.79. The van der Waals surface area contributed by atoms with Gasteiger partial charge in [0.1, 0.15) is 16.4 Å². The predicted octanol–water partition coefficient (Wildman–Crippen LogP) is 3.21. The predicted molar refractivity (Wildman–Crippen MR) is 96.9 cm³/mol. The number of amides is 2. The third-order valence-electron chi connectivity index (χ3n) is 4.11. The van der Waals surface area contributed by atoms with Crippen molar-refractivity contribution in [1.82, 2.24) is 15.3 Å². The molecule has 3 heterocycles. The SMILES string of the molecule is O=C(Nc1nc2c(s1)C(=O)NCCC2)c1cc(-c2ccc(F)cc2)c[nH]1. The minimum Gasteiger partial charge on any atom is -0.357 e. The van der Waals surface area contributed by atoms with Crippen LogP contribution in [0.2, 0.25) is 0 Å². The normalized spacial score (nSPS) is 13.7. The van der Waals surface area contributed by atoms with E-state index in [0.717, 1.165) is 23.2 Å². The number of carbonyl (C=O) groups is 2. The van der Waals surface area contributed by atoms with Crippen LogP contribution in [0.3, 0.4) is 0 Å². The Hall–Kier alpha value is -3.00. The minimum absolute atomic E-state index is 0.144. The molecule has 0 unspecified atom stereocenters. The van der Waals surface area contributed by atoms with Crippen molar-refractivity contribution < 1.29 is 14.0 Å². The molecule has 0 fully saturated rings. The molecule has 1 aromatic carbocycles. The van der Waals surface area contributed by atoms with Crippen molar-refractivity contribution in [2.75, 3.05) is 11.9 Å². The summed E-state index contributed by atoms with van der Waals surface area (Å²) >= 11 is 1.17. The smallest absolute Gasteiger partial charge is 0.273 e. The Morgan fingerprint density at radius 1 is 1.23 bits per heavy atom. The Morgan fingerprint density at radius 3 is 2.85 bits per heavy atom. The number of H-pyrrole nitrogens is 1. The van der Waals surface area contributed by atoms with E-state index in [0.29, 0.717) is 28.7 Å². The summed E-state index contributed by atoms with van der Waals surface area (Å²) in [7, 11) is 0. The molecular weight excluding hydrogens is 355 g/mol. The molecule has 2 amide bonds. The van der Waals surface area contributed by atoms with E-state index in [1.807, 2.05) is 0 Å². The van der Waals surface area contributed by atoms with E-state index >= 15 is 0 Å². The van der Waals surface area contributed by atoms with Crippen LogP contribution in [0.25, 0.3) is 11.1 Å². The molecule has 1 aliphatic heterocycles. The molecule has 6 nitrogen and oxygen atoms in total. The number of hydrogen-bond donors (Lipinski definition) is 3. The van der Waals surface area contributed by atoms with Crippen LogP contribution in [0.4, 0.5) is 9.52 Å². The van der Waals surface area contributed by atoms with Crippen molar-refractivity contribution in [1.29, 1.82) is 0 Å². The molecule has 26 heavy (non-hydrogen) atoms. The van der Waals surface area contributed by atoms with Gasteiger partial charge in [0.15, 0.2) is 5.13 Å². The van der Waals surface area contributed by atoms with E-state index in [2.05, 4.69) is 20.6 Å². The molecule has 0 atom stereocenters. The molecule has 3 N–H and O–H groups in total. The number of thiazole rings is 1. The van der Waals surface area contributed by atoms with Gasteiger partial charge in [-0.25, -0.2) is 9.37 Å². The number of fused-ring (bicyclic) bond motifs is 1. The van der Waals surface area contributed by atoms with Gasteiger partial charge < -0.3 is 10.3 Å². The first-order chi connectivity index (χ1) is 12.6. The summed E-state index contributed by atoms with van der Waals surface area (Å²) in [5.41, 5.74) is 2.67. The topological polar surface area (TPSA) is 86.9 Å². The summed E-state index contributed by atoms with van der Waals surface area (Å²) in [4.78, 5) is 32.2. The first-order valence-electron chi connectivity index (χ1n) is 8.14. The number of aromatic amines is 1. The number of aromatic nitrogens is 2. The van der Waals surface area contributed by atoms with E-state index in [1.54, 1.807) is 24.4 Å². The lowest BCUT2D eigenvalue weighted by atomic mass is 10.1. The minimum atomic E-state index is -0.345. The lowest BCUT2D eigenvalue weighted by molar-refractivity contribution is 0.0958.